The Morgan fingerprint density at radius 3 is 2.40 bits per heavy atom. The number of rotatable bonds is 9. The quantitative estimate of drug-likeness (QED) is 0.266. The van der Waals surface area contributed by atoms with E-state index in [0.29, 0.717) is 44.8 Å². The summed E-state index contributed by atoms with van der Waals surface area (Å²) in [4.78, 5) is 34.7. The van der Waals surface area contributed by atoms with Gasteiger partial charge in [-0.25, -0.2) is 9.37 Å². The summed E-state index contributed by atoms with van der Waals surface area (Å²) in [6, 6.07) is 24.0. The molecule has 0 unspecified atom stereocenters. The Bertz CT molecular complexity index is 1560. The number of aromatic nitrogens is 1. The van der Waals surface area contributed by atoms with Crippen LogP contribution in [0, 0.1) is 12.7 Å². The number of hydrogen-bond donors (Lipinski definition) is 1. The van der Waals surface area contributed by atoms with Crippen LogP contribution in [0.4, 0.5) is 10.1 Å². The lowest BCUT2D eigenvalue weighted by atomic mass is 10.0. The number of likely N-dealkylation sites (tertiary alicyclic amines) is 1. The van der Waals surface area contributed by atoms with Gasteiger partial charge >= 0.3 is 0 Å². The summed E-state index contributed by atoms with van der Waals surface area (Å²) in [5.74, 6) is -0.768. The number of nitrogens with zero attached hydrogens (tertiary/aromatic N) is 3. The van der Waals surface area contributed by atoms with Gasteiger partial charge in [0.1, 0.15) is 11.9 Å². The minimum absolute atomic E-state index is 0.0456. The second kappa shape index (κ2) is 13.5. The van der Waals surface area contributed by atoms with Crippen molar-refractivity contribution in [2.75, 3.05) is 38.6 Å². The van der Waals surface area contributed by atoms with Crippen LogP contribution in [0.2, 0.25) is 0 Å². The zero-order chi connectivity index (χ0) is 30.3. The lowest BCUT2D eigenvalue weighted by Gasteiger charge is -2.32. The van der Waals surface area contributed by atoms with Crippen molar-refractivity contribution in [2.45, 2.75) is 32.3 Å². The molecule has 5 rings (SSSR count). The third kappa shape index (κ3) is 7.57. The number of halogens is 1. The zero-order valence-electron chi connectivity index (χ0n) is 24.8. The fourth-order valence-corrected chi connectivity index (χ4v) is 5.23. The number of amides is 2. The Labute approximate surface area is 252 Å². The zero-order valence-corrected chi connectivity index (χ0v) is 24.8. The number of ether oxygens (including phenoxy) is 1. The van der Waals surface area contributed by atoms with Crippen LogP contribution in [0.15, 0.2) is 85.1 Å². The normalized spacial score (nSPS) is 13.4. The number of benzene rings is 3. The number of hydrogen-bond acceptors (Lipinski definition) is 5. The van der Waals surface area contributed by atoms with E-state index in [1.165, 1.54) is 17.7 Å². The summed E-state index contributed by atoms with van der Waals surface area (Å²) in [5.41, 5.74) is 5.73. The highest BCUT2D eigenvalue weighted by Gasteiger charge is 2.28. The summed E-state index contributed by atoms with van der Waals surface area (Å²) in [5, 5.41) is 2.85. The molecule has 0 atom stereocenters. The van der Waals surface area contributed by atoms with Crippen LogP contribution in [0.1, 0.15) is 44.7 Å². The van der Waals surface area contributed by atoms with Crippen molar-refractivity contribution in [1.29, 1.82) is 0 Å². The van der Waals surface area contributed by atoms with Gasteiger partial charge < -0.3 is 19.9 Å². The maximum atomic E-state index is 14.2. The Morgan fingerprint density at radius 1 is 0.953 bits per heavy atom. The third-order valence-corrected chi connectivity index (χ3v) is 7.71. The summed E-state index contributed by atoms with van der Waals surface area (Å²) >= 11 is 0. The smallest absolute Gasteiger partial charge is 0.254 e. The number of anilines is 1. The second-order valence-electron chi connectivity index (χ2n) is 11.1. The molecule has 0 bridgehead atoms. The molecule has 8 heteroatoms. The predicted molar refractivity (Wildman–Crippen MR) is 167 cm³/mol. The van der Waals surface area contributed by atoms with Crippen LogP contribution in [0.25, 0.3) is 11.1 Å². The Morgan fingerprint density at radius 2 is 1.72 bits per heavy atom. The maximum Gasteiger partial charge on any atom is 0.254 e. The molecule has 4 aromatic rings. The SMILES string of the molecule is Cc1cccc(-c2ccc(OC3CCN(C(=O)c4ccc(F)cc4C(=O)NCCc4ccc(N(C)C)cc4)CC3)nc2)c1. The lowest BCUT2D eigenvalue weighted by Crippen LogP contribution is -2.42. The number of carbonyl (C=O) groups is 2. The monoisotopic (exact) mass is 580 g/mol. The van der Waals surface area contributed by atoms with Gasteiger partial charge in [0.15, 0.2) is 0 Å². The van der Waals surface area contributed by atoms with Crippen LogP contribution < -0.4 is 15.0 Å². The van der Waals surface area contributed by atoms with E-state index in [0.717, 1.165) is 28.4 Å². The molecule has 43 heavy (non-hydrogen) atoms. The van der Waals surface area contributed by atoms with Gasteiger partial charge in [-0.2, -0.15) is 0 Å². The molecule has 3 aromatic carbocycles. The van der Waals surface area contributed by atoms with Gasteiger partial charge in [0.05, 0.1) is 11.1 Å². The Kier molecular flexibility index (Phi) is 9.35. The molecular formula is C35H37FN4O3. The van der Waals surface area contributed by atoms with E-state index in [1.807, 2.05) is 67.7 Å². The number of nitrogens with one attached hydrogen (secondary N) is 1. The molecule has 0 saturated carbocycles. The summed E-state index contributed by atoms with van der Waals surface area (Å²) in [7, 11) is 3.96. The van der Waals surface area contributed by atoms with E-state index in [2.05, 4.69) is 35.4 Å². The van der Waals surface area contributed by atoms with E-state index in [4.69, 9.17) is 4.74 Å². The first-order valence-electron chi connectivity index (χ1n) is 14.6. The molecule has 1 aromatic heterocycles. The largest absolute Gasteiger partial charge is 0.474 e. The topological polar surface area (TPSA) is 74.8 Å². The molecule has 1 aliphatic heterocycles. The number of piperidine rings is 1. The standard InChI is InChI=1S/C35H37FN4O3/c1-24-5-4-6-26(21-24)27-9-14-33(38-23-27)43-30-16-19-40(20-17-30)35(42)31-13-10-28(36)22-32(31)34(41)37-18-15-25-7-11-29(12-8-25)39(2)3/h4-14,21-23,30H,15-20H2,1-3H3,(H,37,41). The van der Waals surface area contributed by atoms with Crippen molar-refractivity contribution in [3.05, 3.63) is 113 Å². The van der Waals surface area contributed by atoms with Gasteiger partial charge in [-0.05, 0) is 60.9 Å². The molecule has 1 fully saturated rings. The molecule has 2 amide bonds. The van der Waals surface area contributed by atoms with Crippen molar-refractivity contribution in [3.8, 4) is 17.0 Å². The van der Waals surface area contributed by atoms with E-state index in [9.17, 15) is 14.0 Å². The second-order valence-corrected chi connectivity index (χ2v) is 11.1. The van der Waals surface area contributed by atoms with E-state index in [1.54, 1.807) is 4.90 Å². The van der Waals surface area contributed by atoms with Crippen LogP contribution in [0.3, 0.4) is 0 Å². The molecule has 7 nitrogen and oxygen atoms in total. The summed E-state index contributed by atoms with van der Waals surface area (Å²) in [6.45, 7) is 3.36. The number of carbonyl (C=O) groups excluding carboxylic acids is 2. The molecule has 1 aliphatic rings. The highest BCUT2D eigenvalue weighted by atomic mass is 19.1. The first-order chi connectivity index (χ1) is 20.8. The van der Waals surface area contributed by atoms with E-state index in [-0.39, 0.29) is 23.1 Å². The molecule has 0 radical (unpaired) electrons. The van der Waals surface area contributed by atoms with Crippen LogP contribution in [-0.4, -0.2) is 61.5 Å². The highest BCUT2D eigenvalue weighted by Crippen LogP contribution is 2.24. The number of pyridine rings is 1. The fourth-order valence-electron chi connectivity index (χ4n) is 5.23. The van der Waals surface area contributed by atoms with Crippen molar-refractivity contribution in [2.24, 2.45) is 0 Å². The van der Waals surface area contributed by atoms with Crippen LogP contribution in [0.5, 0.6) is 5.88 Å². The third-order valence-electron chi connectivity index (χ3n) is 7.71. The van der Waals surface area contributed by atoms with Gasteiger partial charge in [0.2, 0.25) is 5.88 Å². The molecule has 1 saturated heterocycles. The summed E-state index contributed by atoms with van der Waals surface area (Å²) < 4.78 is 20.3. The summed E-state index contributed by atoms with van der Waals surface area (Å²) in [6.07, 6.45) is 3.61. The average Bonchev–Trinajstić information content (AvgIpc) is 3.01. The molecule has 222 valence electrons. The molecular weight excluding hydrogens is 543 g/mol. The maximum absolute atomic E-state index is 14.2. The van der Waals surface area contributed by atoms with Crippen molar-refractivity contribution >= 4 is 17.5 Å². The molecule has 0 spiro atoms. The first kappa shape index (κ1) is 29.8. The van der Waals surface area contributed by atoms with Gasteiger partial charge in [-0.3, -0.25) is 9.59 Å². The first-order valence-corrected chi connectivity index (χ1v) is 14.6. The van der Waals surface area contributed by atoms with Gasteiger partial charge in [-0.15, -0.1) is 0 Å². The van der Waals surface area contributed by atoms with E-state index >= 15 is 0 Å². The average molecular weight is 581 g/mol. The Balaban J connectivity index is 1.15. The molecule has 1 N–H and O–H groups in total. The van der Waals surface area contributed by atoms with Crippen LogP contribution >= 0.6 is 0 Å². The van der Waals surface area contributed by atoms with Crippen molar-refractivity contribution < 1.29 is 18.7 Å². The predicted octanol–water partition coefficient (Wildman–Crippen LogP) is 5.92. The van der Waals surface area contributed by atoms with Gasteiger partial charge in [0, 0.05) is 70.1 Å². The van der Waals surface area contributed by atoms with Crippen LogP contribution in [-0.2, 0) is 6.42 Å². The molecule has 0 aliphatic carbocycles. The minimum Gasteiger partial charge on any atom is -0.474 e. The van der Waals surface area contributed by atoms with Gasteiger partial charge in [-0.1, -0.05) is 42.0 Å². The molecule has 2 heterocycles. The minimum atomic E-state index is -0.561. The number of aryl methyl sites for hydroxylation is 1. The van der Waals surface area contributed by atoms with Crippen molar-refractivity contribution in [3.63, 3.8) is 0 Å². The fraction of sp³-hybridized carbons (Fsp3) is 0.286. The van der Waals surface area contributed by atoms with Gasteiger partial charge in [0.25, 0.3) is 11.8 Å². The van der Waals surface area contributed by atoms with E-state index < -0.39 is 11.7 Å². The lowest BCUT2D eigenvalue weighted by molar-refractivity contribution is 0.0584. The Hall–Kier alpha value is -4.72. The van der Waals surface area contributed by atoms with Crippen molar-refractivity contribution in [1.82, 2.24) is 15.2 Å². The highest BCUT2D eigenvalue weighted by molar-refractivity contribution is 6.07.